The second kappa shape index (κ2) is 7.58. The number of fused-ring (bicyclic) bond motifs is 1. The first-order valence-corrected chi connectivity index (χ1v) is 8.99. The van der Waals surface area contributed by atoms with Crippen molar-refractivity contribution in [2.24, 2.45) is 0 Å². The van der Waals surface area contributed by atoms with Crippen molar-refractivity contribution in [1.29, 1.82) is 0 Å². The third-order valence-electron chi connectivity index (χ3n) is 4.79. The smallest absolute Gasteiger partial charge is 0.229 e. The van der Waals surface area contributed by atoms with Gasteiger partial charge in [0, 0.05) is 13.1 Å². The molecule has 27 heavy (non-hydrogen) atoms. The standard InChI is InChI=1S/C22H20FN3O/c23-19-7-5-16(6-8-19)13-22(27)25-21-10-9-20(14-24-21)26-12-11-17-3-1-2-4-18(17)15-26/h1-10,14H,11-13,15H2,(H,24,25,27). The molecule has 0 radical (unpaired) electrons. The van der Waals surface area contributed by atoms with Crippen molar-refractivity contribution in [2.75, 3.05) is 16.8 Å². The minimum absolute atomic E-state index is 0.172. The molecule has 0 spiro atoms. The summed E-state index contributed by atoms with van der Waals surface area (Å²) in [6.07, 6.45) is 3.00. The molecule has 2 aromatic carbocycles. The molecule has 4 rings (SSSR count). The predicted octanol–water partition coefficient (Wildman–Crippen LogP) is 3.96. The topological polar surface area (TPSA) is 45.2 Å². The number of rotatable bonds is 4. The summed E-state index contributed by atoms with van der Waals surface area (Å²) in [4.78, 5) is 18.8. The van der Waals surface area contributed by atoms with Gasteiger partial charge in [-0.25, -0.2) is 9.37 Å². The van der Waals surface area contributed by atoms with E-state index in [2.05, 4.69) is 39.5 Å². The van der Waals surface area contributed by atoms with E-state index in [1.165, 1.54) is 23.3 Å². The van der Waals surface area contributed by atoms with E-state index < -0.39 is 0 Å². The molecule has 2 heterocycles. The van der Waals surface area contributed by atoms with Crippen LogP contribution in [0.2, 0.25) is 0 Å². The maximum Gasteiger partial charge on any atom is 0.229 e. The van der Waals surface area contributed by atoms with E-state index in [0.717, 1.165) is 30.8 Å². The zero-order valence-corrected chi connectivity index (χ0v) is 14.9. The Bertz CT molecular complexity index is 939. The molecule has 0 saturated heterocycles. The van der Waals surface area contributed by atoms with Crippen molar-refractivity contribution in [1.82, 2.24) is 4.98 Å². The van der Waals surface area contributed by atoms with Crippen molar-refractivity contribution < 1.29 is 9.18 Å². The lowest BCUT2D eigenvalue weighted by atomic mass is 10.00. The normalized spacial score (nSPS) is 13.1. The van der Waals surface area contributed by atoms with E-state index in [9.17, 15) is 9.18 Å². The molecule has 136 valence electrons. The maximum absolute atomic E-state index is 12.9. The average Bonchev–Trinajstić information content (AvgIpc) is 2.70. The highest BCUT2D eigenvalue weighted by atomic mass is 19.1. The summed E-state index contributed by atoms with van der Waals surface area (Å²) in [6, 6.07) is 18.2. The first-order valence-electron chi connectivity index (χ1n) is 8.99. The van der Waals surface area contributed by atoms with Crippen LogP contribution in [0.1, 0.15) is 16.7 Å². The van der Waals surface area contributed by atoms with Crippen LogP contribution in [0.4, 0.5) is 15.9 Å². The minimum atomic E-state index is -0.309. The van der Waals surface area contributed by atoms with Gasteiger partial charge in [0.1, 0.15) is 11.6 Å². The van der Waals surface area contributed by atoms with E-state index in [1.54, 1.807) is 18.3 Å². The van der Waals surface area contributed by atoms with Gasteiger partial charge in [0.2, 0.25) is 5.91 Å². The van der Waals surface area contributed by atoms with Crippen LogP contribution in [0.5, 0.6) is 0 Å². The Morgan fingerprint density at radius 1 is 1.04 bits per heavy atom. The fraction of sp³-hybridized carbons (Fsp3) is 0.182. The van der Waals surface area contributed by atoms with Gasteiger partial charge in [-0.15, -0.1) is 0 Å². The van der Waals surface area contributed by atoms with Crippen LogP contribution in [0, 0.1) is 5.82 Å². The fourth-order valence-corrected chi connectivity index (χ4v) is 3.34. The molecule has 3 aromatic rings. The van der Waals surface area contributed by atoms with Crippen molar-refractivity contribution in [3.63, 3.8) is 0 Å². The summed E-state index contributed by atoms with van der Waals surface area (Å²) in [6.45, 7) is 1.82. The Labute approximate surface area is 157 Å². The Balaban J connectivity index is 1.38. The van der Waals surface area contributed by atoms with Gasteiger partial charge in [-0.1, -0.05) is 36.4 Å². The summed E-state index contributed by atoms with van der Waals surface area (Å²) in [5.74, 6) is 0.0359. The number of carbonyl (C=O) groups excluding carboxylic acids is 1. The molecule has 5 heteroatoms. The molecule has 0 unspecified atom stereocenters. The number of pyridine rings is 1. The van der Waals surface area contributed by atoms with Gasteiger partial charge in [-0.05, 0) is 47.4 Å². The number of benzene rings is 2. The SMILES string of the molecule is O=C(Cc1ccc(F)cc1)Nc1ccc(N2CCc3ccccc3C2)cn1. The first-order chi connectivity index (χ1) is 13.2. The second-order valence-electron chi connectivity index (χ2n) is 6.69. The number of carbonyl (C=O) groups is 1. The summed E-state index contributed by atoms with van der Waals surface area (Å²) < 4.78 is 12.9. The van der Waals surface area contributed by atoms with Gasteiger partial charge < -0.3 is 10.2 Å². The zero-order chi connectivity index (χ0) is 18.6. The molecule has 0 aliphatic carbocycles. The molecule has 0 bridgehead atoms. The minimum Gasteiger partial charge on any atom is -0.366 e. The Morgan fingerprint density at radius 2 is 1.81 bits per heavy atom. The lowest BCUT2D eigenvalue weighted by Gasteiger charge is -2.30. The summed E-state index contributed by atoms with van der Waals surface area (Å²) in [5, 5.41) is 2.79. The van der Waals surface area contributed by atoms with Gasteiger partial charge in [0.25, 0.3) is 0 Å². The molecule has 1 amide bonds. The van der Waals surface area contributed by atoms with Gasteiger partial charge in [0.05, 0.1) is 18.3 Å². The van der Waals surface area contributed by atoms with E-state index in [-0.39, 0.29) is 18.1 Å². The monoisotopic (exact) mass is 361 g/mol. The maximum atomic E-state index is 12.9. The summed E-state index contributed by atoms with van der Waals surface area (Å²) in [5.41, 5.74) is 4.56. The molecular formula is C22H20FN3O. The highest BCUT2D eigenvalue weighted by Gasteiger charge is 2.16. The van der Waals surface area contributed by atoms with Crippen LogP contribution < -0.4 is 10.2 Å². The van der Waals surface area contributed by atoms with Gasteiger partial charge in [0.15, 0.2) is 0 Å². The van der Waals surface area contributed by atoms with Gasteiger partial charge >= 0.3 is 0 Å². The van der Waals surface area contributed by atoms with Crippen LogP contribution in [-0.4, -0.2) is 17.4 Å². The van der Waals surface area contributed by atoms with Crippen molar-refractivity contribution in [2.45, 2.75) is 19.4 Å². The van der Waals surface area contributed by atoms with E-state index in [0.29, 0.717) is 5.82 Å². The number of hydrogen-bond donors (Lipinski definition) is 1. The first kappa shape index (κ1) is 17.2. The molecule has 0 saturated carbocycles. The van der Waals surface area contributed by atoms with Crippen LogP contribution >= 0.6 is 0 Å². The van der Waals surface area contributed by atoms with E-state index in [4.69, 9.17) is 0 Å². The third kappa shape index (κ3) is 4.14. The summed E-state index contributed by atoms with van der Waals surface area (Å²) >= 11 is 0. The number of nitrogens with zero attached hydrogens (tertiary/aromatic N) is 2. The quantitative estimate of drug-likeness (QED) is 0.765. The van der Waals surface area contributed by atoms with Gasteiger partial charge in [-0.3, -0.25) is 4.79 Å². The number of hydrogen-bond acceptors (Lipinski definition) is 3. The molecule has 1 aliphatic heterocycles. The summed E-state index contributed by atoms with van der Waals surface area (Å²) in [7, 11) is 0. The fourth-order valence-electron chi connectivity index (χ4n) is 3.34. The van der Waals surface area contributed by atoms with Gasteiger partial charge in [-0.2, -0.15) is 0 Å². The van der Waals surface area contributed by atoms with E-state index in [1.807, 2.05) is 12.1 Å². The molecule has 0 fully saturated rings. The Kier molecular flexibility index (Phi) is 4.83. The largest absolute Gasteiger partial charge is 0.366 e. The highest BCUT2D eigenvalue weighted by Crippen LogP contribution is 2.24. The average molecular weight is 361 g/mol. The molecule has 1 aliphatic rings. The molecule has 0 atom stereocenters. The third-order valence-corrected chi connectivity index (χ3v) is 4.79. The van der Waals surface area contributed by atoms with Crippen molar-refractivity contribution in [3.8, 4) is 0 Å². The Morgan fingerprint density at radius 3 is 2.56 bits per heavy atom. The molecule has 1 N–H and O–H groups in total. The molecule has 1 aromatic heterocycles. The lowest BCUT2D eigenvalue weighted by Crippen LogP contribution is -2.30. The van der Waals surface area contributed by atoms with Crippen LogP contribution in [-0.2, 0) is 24.2 Å². The lowest BCUT2D eigenvalue weighted by molar-refractivity contribution is -0.115. The number of amides is 1. The number of halogens is 1. The van der Waals surface area contributed by atoms with E-state index >= 15 is 0 Å². The van der Waals surface area contributed by atoms with Crippen molar-refractivity contribution >= 4 is 17.4 Å². The number of nitrogens with one attached hydrogen (secondary N) is 1. The molecule has 4 nitrogen and oxygen atoms in total. The number of anilines is 2. The molecular weight excluding hydrogens is 341 g/mol. The van der Waals surface area contributed by atoms with Crippen LogP contribution in [0.25, 0.3) is 0 Å². The second-order valence-corrected chi connectivity index (χ2v) is 6.69. The van der Waals surface area contributed by atoms with Crippen molar-refractivity contribution in [3.05, 3.63) is 89.4 Å². The number of aromatic nitrogens is 1. The Hall–Kier alpha value is -3.21. The predicted molar refractivity (Wildman–Crippen MR) is 104 cm³/mol. The highest BCUT2D eigenvalue weighted by molar-refractivity contribution is 5.91. The van der Waals surface area contributed by atoms with Crippen LogP contribution in [0.3, 0.4) is 0 Å². The zero-order valence-electron chi connectivity index (χ0n) is 14.9. The van der Waals surface area contributed by atoms with Crippen LogP contribution in [0.15, 0.2) is 66.9 Å².